The zero-order chi connectivity index (χ0) is 12.9. The fourth-order valence-corrected chi connectivity index (χ4v) is 1.89. The number of benzene rings is 1. The van der Waals surface area contributed by atoms with Gasteiger partial charge in [-0.15, -0.1) is 12.4 Å². The van der Waals surface area contributed by atoms with Gasteiger partial charge in [-0.2, -0.15) is 0 Å². The van der Waals surface area contributed by atoms with Gasteiger partial charge in [-0.05, 0) is 31.3 Å². The first-order chi connectivity index (χ1) is 7.95. The van der Waals surface area contributed by atoms with E-state index in [1.54, 1.807) is 7.05 Å². The van der Waals surface area contributed by atoms with Crippen LogP contribution in [0.3, 0.4) is 0 Å². The van der Waals surface area contributed by atoms with E-state index in [9.17, 15) is 13.2 Å². The van der Waals surface area contributed by atoms with Gasteiger partial charge in [0, 0.05) is 24.9 Å². The number of likely N-dealkylation sites (N-methyl/N-ethyl adjacent to an activating group) is 1. The quantitative estimate of drug-likeness (QED) is 0.773. The molecule has 0 aliphatic heterocycles. The van der Waals surface area contributed by atoms with Crippen LogP contribution in [-0.2, 0) is 9.84 Å². The molecule has 7 heteroatoms. The molecule has 2 N–H and O–H groups in total. The third-order valence-electron chi connectivity index (χ3n) is 2.21. The molecule has 0 aliphatic carbocycles. The molecule has 0 saturated carbocycles. The molecule has 1 aromatic rings. The molecule has 0 aliphatic rings. The Morgan fingerprint density at radius 3 is 2.17 bits per heavy atom. The van der Waals surface area contributed by atoms with E-state index in [0.717, 1.165) is 6.26 Å². The summed E-state index contributed by atoms with van der Waals surface area (Å²) in [7, 11) is -1.41. The largest absolute Gasteiger partial charge is 0.351 e. The standard InChI is InChI=1S/C11H16N2O3S.ClH/c1-12-7-8-13-11(14)9-3-5-10(6-4-9)17(2,15)16;/h3-6,12H,7-8H2,1-2H3,(H,13,14);1H. The summed E-state index contributed by atoms with van der Waals surface area (Å²) in [4.78, 5) is 11.8. The van der Waals surface area contributed by atoms with Crippen LogP contribution in [0.15, 0.2) is 29.2 Å². The average Bonchev–Trinajstić information content (AvgIpc) is 2.28. The van der Waals surface area contributed by atoms with E-state index >= 15 is 0 Å². The van der Waals surface area contributed by atoms with Crippen LogP contribution in [0, 0.1) is 0 Å². The van der Waals surface area contributed by atoms with Crippen molar-refractivity contribution in [3.8, 4) is 0 Å². The number of carbonyl (C=O) groups is 1. The first kappa shape index (κ1) is 16.9. The number of hydrogen-bond donors (Lipinski definition) is 2. The number of halogens is 1. The smallest absolute Gasteiger partial charge is 0.251 e. The minimum atomic E-state index is -3.21. The number of rotatable bonds is 5. The molecule has 5 nitrogen and oxygen atoms in total. The van der Waals surface area contributed by atoms with E-state index in [4.69, 9.17) is 0 Å². The predicted molar refractivity (Wildman–Crippen MR) is 73.1 cm³/mol. The molecule has 0 radical (unpaired) electrons. The van der Waals surface area contributed by atoms with Crippen LogP contribution in [0.5, 0.6) is 0 Å². The summed E-state index contributed by atoms with van der Waals surface area (Å²) in [5.74, 6) is -0.208. The molecule has 1 amide bonds. The Labute approximate surface area is 113 Å². The second-order valence-corrected chi connectivity index (χ2v) is 5.67. The van der Waals surface area contributed by atoms with Crippen LogP contribution in [0.4, 0.5) is 0 Å². The van der Waals surface area contributed by atoms with Crippen LogP contribution in [0.25, 0.3) is 0 Å². The number of nitrogens with one attached hydrogen (secondary N) is 2. The third-order valence-corrected chi connectivity index (χ3v) is 3.33. The first-order valence-electron chi connectivity index (χ1n) is 5.18. The number of hydrogen-bond acceptors (Lipinski definition) is 4. The van der Waals surface area contributed by atoms with Crippen LogP contribution < -0.4 is 10.6 Å². The molecule has 0 bridgehead atoms. The maximum absolute atomic E-state index is 11.6. The highest BCUT2D eigenvalue weighted by Crippen LogP contribution is 2.10. The van der Waals surface area contributed by atoms with Crippen molar-refractivity contribution < 1.29 is 13.2 Å². The van der Waals surface area contributed by atoms with Crippen LogP contribution in [0.1, 0.15) is 10.4 Å². The molecule has 0 saturated heterocycles. The van der Waals surface area contributed by atoms with Crippen LogP contribution in [0.2, 0.25) is 0 Å². The fraction of sp³-hybridized carbons (Fsp3) is 0.364. The van der Waals surface area contributed by atoms with Crippen molar-refractivity contribution in [2.24, 2.45) is 0 Å². The molecule has 18 heavy (non-hydrogen) atoms. The third kappa shape index (κ3) is 5.03. The van der Waals surface area contributed by atoms with Gasteiger partial charge in [0.1, 0.15) is 0 Å². The summed E-state index contributed by atoms with van der Waals surface area (Å²) in [5.41, 5.74) is 0.452. The van der Waals surface area contributed by atoms with Crippen molar-refractivity contribution in [3.63, 3.8) is 0 Å². The van der Waals surface area contributed by atoms with E-state index < -0.39 is 9.84 Å². The van der Waals surface area contributed by atoms with E-state index in [1.807, 2.05) is 0 Å². The highest BCUT2D eigenvalue weighted by molar-refractivity contribution is 7.90. The van der Waals surface area contributed by atoms with Crippen LogP contribution in [-0.4, -0.2) is 40.7 Å². The summed E-state index contributed by atoms with van der Waals surface area (Å²) in [6.07, 6.45) is 1.13. The Balaban J connectivity index is 0.00000289. The van der Waals surface area contributed by atoms with Gasteiger partial charge in [0.2, 0.25) is 0 Å². The number of amides is 1. The zero-order valence-electron chi connectivity index (χ0n) is 10.3. The lowest BCUT2D eigenvalue weighted by Crippen LogP contribution is -2.30. The Bertz CT molecular complexity index is 486. The summed E-state index contributed by atoms with van der Waals surface area (Å²) >= 11 is 0. The van der Waals surface area contributed by atoms with Gasteiger partial charge < -0.3 is 10.6 Å². The van der Waals surface area contributed by atoms with Crippen molar-refractivity contribution >= 4 is 28.2 Å². The minimum absolute atomic E-state index is 0. The number of sulfone groups is 1. The Kier molecular flexibility index (Phi) is 6.90. The van der Waals surface area contributed by atoms with Crippen LogP contribution >= 0.6 is 12.4 Å². The van der Waals surface area contributed by atoms with Gasteiger partial charge in [0.15, 0.2) is 9.84 Å². The topological polar surface area (TPSA) is 75.3 Å². The molecule has 0 aromatic heterocycles. The lowest BCUT2D eigenvalue weighted by atomic mass is 10.2. The molecule has 102 valence electrons. The molecule has 1 rings (SSSR count). The van der Waals surface area contributed by atoms with E-state index in [-0.39, 0.29) is 23.2 Å². The molecule has 0 fully saturated rings. The molecule has 0 unspecified atom stereocenters. The first-order valence-corrected chi connectivity index (χ1v) is 7.07. The highest BCUT2D eigenvalue weighted by atomic mass is 35.5. The van der Waals surface area contributed by atoms with Gasteiger partial charge in [-0.1, -0.05) is 0 Å². The molecule has 1 aromatic carbocycles. The molecule has 0 spiro atoms. The van der Waals surface area contributed by atoms with Gasteiger partial charge in [-0.3, -0.25) is 4.79 Å². The maximum atomic E-state index is 11.6. The second kappa shape index (κ2) is 7.35. The summed E-state index contributed by atoms with van der Waals surface area (Å²) < 4.78 is 22.4. The Morgan fingerprint density at radius 1 is 1.17 bits per heavy atom. The highest BCUT2D eigenvalue weighted by Gasteiger charge is 2.09. The second-order valence-electron chi connectivity index (χ2n) is 3.66. The SMILES string of the molecule is CNCCNC(=O)c1ccc(S(C)(=O)=O)cc1.Cl. The molecular weight excluding hydrogens is 276 g/mol. The monoisotopic (exact) mass is 292 g/mol. The lowest BCUT2D eigenvalue weighted by Gasteiger charge is -2.05. The van der Waals surface area contributed by atoms with Crippen molar-refractivity contribution in [2.75, 3.05) is 26.4 Å². The fourth-order valence-electron chi connectivity index (χ4n) is 1.26. The van der Waals surface area contributed by atoms with Gasteiger partial charge in [0.25, 0.3) is 5.91 Å². The predicted octanol–water partition coefficient (Wildman–Crippen LogP) is 0.461. The molecule has 0 heterocycles. The lowest BCUT2D eigenvalue weighted by molar-refractivity contribution is 0.0954. The summed E-state index contributed by atoms with van der Waals surface area (Å²) in [6, 6.07) is 5.88. The van der Waals surface area contributed by atoms with Crippen molar-refractivity contribution in [3.05, 3.63) is 29.8 Å². The average molecular weight is 293 g/mol. The normalized spacial score (nSPS) is 10.6. The van der Waals surface area contributed by atoms with E-state index in [0.29, 0.717) is 18.7 Å². The minimum Gasteiger partial charge on any atom is -0.351 e. The maximum Gasteiger partial charge on any atom is 0.251 e. The number of carbonyl (C=O) groups excluding carboxylic acids is 1. The Hall–Kier alpha value is -1.11. The van der Waals surface area contributed by atoms with Gasteiger partial charge in [-0.25, -0.2) is 8.42 Å². The summed E-state index contributed by atoms with van der Waals surface area (Å²) in [6.45, 7) is 1.22. The van der Waals surface area contributed by atoms with E-state index in [2.05, 4.69) is 10.6 Å². The molecular formula is C11H17ClN2O3S. The zero-order valence-corrected chi connectivity index (χ0v) is 11.9. The Morgan fingerprint density at radius 2 is 1.72 bits per heavy atom. The van der Waals surface area contributed by atoms with Crippen molar-refractivity contribution in [1.29, 1.82) is 0 Å². The van der Waals surface area contributed by atoms with Gasteiger partial charge >= 0.3 is 0 Å². The molecule has 0 atom stereocenters. The van der Waals surface area contributed by atoms with Crippen molar-refractivity contribution in [1.82, 2.24) is 10.6 Å². The van der Waals surface area contributed by atoms with Gasteiger partial charge in [0.05, 0.1) is 4.90 Å². The van der Waals surface area contributed by atoms with E-state index in [1.165, 1.54) is 24.3 Å². The van der Waals surface area contributed by atoms with Crippen molar-refractivity contribution in [2.45, 2.75) is 4.90 Å². The summed E-state index contributed by atoms with van der Waals surface area (Å²) in [5, 5.41) is 5.62.